The summed E-state index contributed by atoms with van der Waals surface area (Å²) in [5, 5.41) is 0. The maximum atomic E-state index is 11.4. The average Bonchev–Trinajstić information content (AvgIpc) is 2.15. The summed E-state index contributed by atoms with van der Waals surface area (Å²) < 4.78 is 5.07. The Bertz CT molecular complexity index is 185. The van der Waals surface area contributed by atoms with Gasteiger partial charge in [-0.15, -0.1) is 0 Å². The summed E-state index contributed by atoms with van der Waals surface area (Å²) >= 11 is 0. The van der Waals surface area contributed by atoms with Crippen molar-refractivity contribution >= 4 is 5.78 Å². The fraction of sp³-hybridized carbons (Fsp3) is 0.727. The molecule has 1 unspecified atom stereocenters. The van der Waals surface area contributed by atoms with Gasteiger partial charge >= 0.3 is 0 Å². The molecule has 0 bridgehead atoms. The molecule has 1 aliphatic rings. The Labute approximate surface area is 80.0 Å². The van der Waals surface area contributed by atoms with Crippen molar-refractivity contribution in [1.29, 1.82) is 0 Å². The molecule has 1 aliphatic carbocycles. The standard InChI is InChI=1S/C11H18O2/c1-2-13-9-5-7-10-6-3-4-8-11(10)12/h5,9-10H,2-4,6-8H2,1H3/b9-5+. The Morgan fingerprint density at radius 3 is 3.08 bits per heavy atom. The lowest BCUT2D eigenvalue weighted by atomic mass is 9.86. The molecule has 74 valence electrons. The van der Waals surface area contributed by atoms with Gasteiger partial charge in [0.2, 0.25) is 0 Å². The minimum absolute atomic E-state index is 0.269. The summed E-state index contributed by atoms with van der Waals surface area (Å²) in [4.78, 5) is 11.4. The minimum Gasteiger partial charge on any atom is -0.502 e. The molecule has 1 atom stereocenters. The lowest BCUT2D eigenvalue weighted by molar-refractivity contribution is -0.124. The highest BCUT2D eigenvalue weighted by atomic mass is 16.5. The predicted molar refractivity (Wildman–Crippen MR) is 52.3 cm³/mol. The fourth-order valence-electron chi connectivity index (χ4n) is 1.69. The van der Waals surface area contributed by atoms with E-state index in [0.717, 1.165) is 25.7 Å². The van der Waals surface area contributed by atoms with Crippen LogP contribution in [0, 0.1) is 5.92 Å². The van der Waals surface area contributed by atoms with Crippen LogP contribution in [-0.4, -0.2) is 12.4 Å². The third-order valence-electron chi connectivity index (χ3n) is 2.46. The normalized spacial score (nSPS) is 23.8. The van der Waals surface area contributed by atoms with Crippen LogP contribution in [0.4, 0.5) is 0 Å². The first kappa shape index (κ1) is 10.3. The molecule has 0 aromatic carbocycles. The van der Waals surface area contributed by atoms with E-state index in [2.05, 4.69) is 0 Å². The Morgan fingerprint density at radius 1 is 1.54 bits per heavy atom. The number of ketones is 1. The van der Waals surface area contributed by atoms with Gasteiger partial charge in [0, 0.05) is 12.3 Å². The molecule has 0 amide bonds. The van der Waals surface area contributed by atoms with E-state index in [4.69, 9.17) is 4.74 Å². The molecule has 0 N–H and O–H groups in total. The molecule has 0 aromatic rings. The van der Waals surface area contributed by atoms with E-state index in [1.807, 2.05) is 13.0 Å². The molecule has 2 heteroatoms. The van der Waals surface area contributed by atoms with Crippen LogP contribution in [0.25, 0.3) is 0 Å². The second kappa shape index (κ2) is 5.79. The summed E-state index contributed by atoms with van der Waals surface area (Å²) in [5.41, 5.74) is 0. The van der Waals surface area contributed by atoms with Crippen LogP contribution in [0.1, 0.15) is 39.0 Å². The van der Waals surface area contributed by atoms with Crippen LogP contribution >= 0.6 is 0 Å². The van der Waals surface area contributed by atoms with Crippen LogP contribution in [0.2, 0.25) is 0 Å². The Balaban J connectivity index is 2.22. The molecule has 0 spiro atoms. The van der Waals surface area contributed by atoms with Crippen LogP contribution < -0.4 is 0 Å². The van der Waals surface area contributed by atoms with Gasteiger partial charge in [-0.3, -0.25) is 4.79 Å². The molecule has 1 fully saturated rings. The highest BCUT2D eigenvalue weighted by Crippen LogP contribution is 2.23. The van der Waals surface area contributed by atoms with Crippen molar-refractivity contribution < 1.29 is 9.53 Å². The van der Waals surface area contributed by atoms with Gasteiger partial charge in [0.15, 0.2) is 0 Å². The second-order valence-electron chi connectivity index (χ2n) is 3.47. The summed E-state index contributed by atoms with van der Waals surface area (Å²) in [6.45, 7) is 2.66. The zero-order chi connectivity index (χ0) is 9.52. The third-order valence-corrected chi connectivity index (χ3v) is 2.46. The summed E-state index contributed by atoms with van der Waals surface area (Å²) in [6, 6.07) is 0. The van der Waals surface area contributed by atoms with Crippen LogP contribution in [0.3, 0.4) is 0 Å². The molecule has 13 heavy (non-hydrogen) atoms. The molecule has 0 heterocycles. The monoisotopic (exact) mass is 182 g/mol. The molecular formula is C11H18O2. The van der Waals surface area contributed by atoms with Crippen molar-refractivity contribution in [1.82, 2.24) is 0 Å². The summed E-state index contributed by atoms with van der Waals surface area (Å²) in [7, 11) is 0. The first-order chi connectivity index (χ1) is 6.34. The molecule has 1 rings (SSSR count). The molecular weight excluding hydrogens is 164 g/mol. The van der Waals surface area contributed by atoms with E-state index in [-0.39, 0.29) is 5.92 Å². The largest absolute Gasteiger partial charge is 0.502 e. The van der Waals surface area contributed by atoms with E-state index in [1.165, 1.54) is 6.42 Å². The zero-order valence-electron chi connectivity index (χ0n) is 8.29. The number of allylic oxidation sites excluding steroid dienone is 1. The smallest absolute Gasteiger partial charge is 0.136 e. The SMILES string of the molecule is CCO/C=C/CC1CCCCC1=O. The number of Topliss-reactive ketones (excluding diaryl/α,β-unsaturated/α-hetero) is 1. The quantitative estimate of drug-likeness (QED) is 0.625. The van der Waals surface area contributed by atoms with Crippen LogP contribution in [0.5, 0.6) is 0 Å². The van der Waals surface area contributed by atoms with Crippen LogP contribution in [0.15, 0.2) is 12.3 Å². The van der Waals surface area contributed by atoms with Gasteiger partial charge in [-0.25, -0.2) is 0 Å². The maximum Gasteiger partial charge on any atom is 0.136 e. The molecule has 0 saturated heterocycles. The fourth-order valence-corrected chi connectivity index (χ4v) is 1.69. The highest BCUT2D eigenvalue weighted by Gasteiger charge is 2.20. The number of carbonyl (C=O) groups excluding carboxylic acids is 1. The first-order valence-electron chi connectivity index (χ1n) is 5.14. The van der Waals surface area contributed by atoms with Crippen molar-refractivity contribution in [2.75, 3.05) is 6.61 Å². The maximum absolute atomic E-state index is 11.4. The van der Waals surface area contributed by atoms with E-state index < -0.39 is 0 Å². The van der Waals surface area contributed by atoms with Gasteiger partial charge in [-0.1, -0.05) is 6.42 Å². The van der Waals surface area contributed by atoms with E-state index in [0.29, 0.717) is 12.4 Å². The molecule has 0 radical (unpaired) electrons. The van der Waals surface area contributed by atoms with Crippen molar-refractivity contribution in [3.05, 3.63) is 12.3 Å². The average molecular weight is 182 g/mol. The van der Waals surface area contributed by atoms with Crippen molar-refractivity contribution in [3.8, 4) is 0 Å². The Kier molecular flexibility index (Phi) is 4.58. The van der Waals surface area contributed by atoms with Gasteiger partial charge < -0.3 is 4.74 Å². The Morgan fingerprint density at radius 2 is 2.38 bits per heavy atom. The lowest BCUT2D eigenvalue weighted by Gasteiger charge is -2.18. The lowest BCUT2D eigenvalue weighted by Crippen LogP contribution is -2.18. The Hall–Kier alpha value is -0.790. The van der Waals surface area contributed by atoms with Gasteiger partial charge in [0.1, 0.15) is 5.78 Å². The first-order valence-corrected chi connectivity index (χ1v) is 5.14. The van der Waals surface area contributed by atoms with Gasteiger partial charge in [0.25, 0.3) is 0 Å². The molecule has 0 aliphatic heterocycles. The minimum atomic E-state index is 0.269. The molecule has 0 aromatic heterocycles. The van der Waals surface area contributed by atoms with E-state index >= 15 is 0 Å². The highest BCUT2D eigenvalue weighted by molar-refractivity contribution is 5.81. The van der Waals surface area contributed by atoms with E-state index in [1.54, 1.807) is 6.26 Å². The number of ether oxygens (including phenoxy) is 1. The topological polar surface area (TPSA) is 26.3 Å². The number of carbonyl (C=O) groups is 1. The van der Waals surface area contributed by atoms with Crippen molar-refractivity contribution in [3.63, 3.8) is 0 Å². The zero-order valence-corrected chi connectivity index (χ0v) is 8.29. The van der Waals surface area contributed by atoms with Gasteiger partial charge in [0.05, 0.1) is 12.9 Å². The number of rotatable bonds is 4. The van der Waals surface area contributed by atoms with Gasteiger partial charge in [-0.05, 0) is 32.3 Å². The van der Waals surface area contributed by atoms with Gasteiger partial charge in [-0.2, -0.15) is 0 Å². The molecule has 2 nitrogen and oxygen atoms in total. The van der Waals surface area contributed by atoms with Crippen molar-refractivity contribution in [2.24, 2.45) is 5.92 Å². The predicted octanol–water partition coefficient (Wildman–Crippen LogP) is 2.69. The number of hydrogen-bond acceptors (Lipinski definition) is 2. The second-order valence-corrected chi connectivity index (χ2v) is 3.47. The van der Waals surface area contributed by atoms with Crippen LogP contribution in [-0.2, 0) is 9.53 Å². The number of hydrogen-bond donors (Lipinski definition) is 0. The summed E-state index contributed by atoms with van der Waals surface area (Å²) in [5.74, 6) is 0.706. The van der Waals surface area contributed by atoms with E-state index in [9.17, 15) is 4.79 Å². The summed E-state index contributed by atoms with van der Waals surface area (Å²) in [6.07, 6.45) is 8.68. The van der Waals surface area contributed by atoms with Crippen molar-refractivity contribution in [2.45, 2.75) is 39.0 Å². The third kappa shape index (κ3) is 3.62. The molecule has 1 saturated carbocycles.